The first-order chi connectivity index (χ1) is 13.7. The number of imidazole rings is 1. The van der Waals surface area contributed by atoms with Crippen LogP contribution in [0.25, 0.3) is 0 Å². The van der Waals surface area contributed by atoms with Crippen LogP contribution in [0.1, 0.15) is 24.7 Å². The van der Waals surface area contributed by atoms with Gasteiger partial charge in [-0.25, -0.2) is 9.78 Å². The van der Waals surface area contributed by atoms with Gasteiger partial charge in [0.15, 0.2) is 6.61 Å². The van der Waals surface area contributed by atoms with Crippen LogP contribution in [-0.4, -0.2) is 64.7 Å². The Balaban J connectivity index is 1.54. The Morgan fingerprint density at radius 2 is 1.86 bits per heavy atom. The highest BCUT2D eigenvalue weighted by Gasteiger charge is 2.18. The molecule has 1 fully saturated rings. The normalized spacial score (nSPS) is 15.9. The Morgan fingerprint density at radius 3 is 2.57 bits per heavy atom. The number of ether oxygens (including phenoxy) is 2. The molecule has 2 heterocycles. The molecule has 1 aliphatic heterocycles. The number of hydrogen-bond donors (Lipinski definition) is 0. The van der Waals surface area contributed by atoms with Crippen LogP contribution >= 0.6 is 0 Å². The zero-order chi connectivity index (χ0) is 19.8. The number of benzene rings is 1. The molecular formula is C21H30N4O3. The highest BCUT2D eigenvalue weighted by molar-refractivity contribution is 5.71. The Morgan fingerprint density at radius 1 is 1.11 bits per heavy atom. The fraction of sp³-hybridized carbons (Fsp3) is 0.524. The summed E-state index contributed by atoms with van der Waals surface area (Å²) in [6, 6.07) is 7.93. The highest BCUT2D eigenvalue weighted by atomic mass is 16.6. The number of carbonyl (C=O) groups is 1. The molecule has 28 heavy (non-hydrogen) atoms. The number of hydrogen-bond acceptors (Lipinski definition) is 6. The molecule has 1 saturated heterocycles. The molecule has 152 valence electrons. The van der Waals surface area contributed by atoms with Gasteiger partial charge >= 0.3 is 5.97 Å². The molecule has 0 aliphatic carbocycles. The van der Waals surface area contributed by atoms with Crippen molar-refractivity contribution in [1.82, 2.24) is 19.4 Å². The van der Waals surface area contributed by atoms with E-state index in [1.54, 1.807) is 6.92 Å². The standard InChI is InChI=1S/C21H30N4O3/c1-3-27-21(26)17-28-19-8-5-4-7-18(19)15-24-10-6-11-25(14-13-24)16-20-22-9-12-23(20)2/h4-5,7-9,12H,3,6,10-11,13-17H2,1-2H3. The van der Waals surface area contributed by atoms with Crippen molar-refractivity contribution in [3.8, 4) is 5.75 Å². The second-order valence-corrected chi connectivity index (χ2v) is 7.06. The molecule has 0 bridgehead atoms. The molecule has 1 aliphatic rings. The van der Waals surface area contributed by atoms with Crippen molar-refractivity contribution in [3.05, 3.63) is 48.0 Å². The average Bonchev–Trinajstić information content (AvgIpc) is 2.96. The molecule has 3 rings (SSSR count). The maximum Gasteiger partial charge on any atom is 0.344 e. The van der Waals surface area contributed by atoms with Crippen molar-refractivity contribution < 1.29 is 14.3 Å². The van der Waals surface area contributed by atoms with E-state index in [1.807, 2.05) is 37.6 Å². The van der Waals surface area contributed by atoms with E-state index in [4.69, 9.17) is 9.47 Å². The number of para-hydroxylation sites is 1. The summed E-state index contributed by atoms with van der Waals surface area (Å²) in [7, 11) is 2.04. The van der Waals surface area contributed by atoms with Gasteiger partial charge in [-0.05, 0) is 32.5 Å². The topological polar surface area (TPSA) is 59.8 Å². The first-order valence-electron chi connectivity index (χ1n) is 9.93. The lowest BCUT2D eigenvalue weighted by Gasteiger charge is -2.22. The van der Waals surface area contributed by atoms with E-state index in [-0.39, 0.29) is 12.6 Å². The Bertz CT molecular complexity index is 762. The van der Waals surface area contributed by atoms with Gasteiger partial charge in [0.2, 0.25) is 0 Å². The van der Waals surface area contributed by atoms with Gasteiger partial charge in [-0.3, -0.25) is 9.80 Å². The molecule has 1 aromatic heterocycles. The third-order valence-electron chi connectivity index (χ3n) is 4.98. The molecule has 0 atom stereocenters. The van der Waals surface area contributed by atoms with Gasteiger partial charge in [0.1, 0.15) is 11.6 Å². The van der Waals surface area contributed by atoms with Crippen LogP contribution in [0.5, 0.6) is 5.75 Å². The van der Waals surface area contributed by atoms with Crippen LogP contribution < -0.4 is 4.74 Å². The smallest absolute Gasteiger partial charge is 0.344 e. The summed E-state index contributed by atoms with van der Waals surface area (Å²) in [5.41, 5.74) is 1.10. The number of nitrogens with zero attached hydrogens (tertiary/aromatic N) is 4. The van der Waals surface area contributed by atoms with E-state index in [1.165, 1.54) is 0 Å². The van der Waals surface area contributed by atoms with E-state index in [2.05, 4.69) is 25.4 Å². The molecule has 1 aromatic carbocycles. The summed E-state index contributed by atoms with van der Waals surface area (Å²) in [5, 5.41) is 0. The SMILES string of the molecule is CCOC(=O)COc1ccccc1CN1CCCN(Cc2nccn2C)CC1. The molecular weight excluding hydrogens is 356 g/mol. The molecule has 7 nitrogen and oxygen atoms in total. The summed E-state index contributed by atoms with van der Waals surface area (Å²) < 4.78 is 12.7. The summed E-state index contributed by atoms with van der Waals surface area (Å²) in [6.45, 7) is 7.94. The van der Waals surface area contributed by atoms with Crippen molar-refractivity contribution in [3.63, 3.8) is 0 Å². The largest absolute Gasteiger partial charge is 0.482 e. The molecule has 0 amide bonds. The Kier molecular flexibility index (Phi) is 7.45. The lowest BCUT2D eigenvalue weighted by molar-refractivity contribution is -0.145. The van der Waals surface area contributed by atoms with Crippen LogP contribution in [-0.2, 0) is 29.7 Å². The molecule has 0 N–H and O–H groups in total. The van der Waals surface area contributed by atoms with E-state index in [0.29, 0.717) is 6.61 Å². The fourth-order valence-electron chi connectivity index (χ4n) is 3.44. The molecule has 0 spiro atoms. The van der Waals surface area contributed by atoms with Crippen molar-refractivity contribution >= 4 is 5.97 Å². The van der Waals surface area contributed by atoms with Gasteiger partial charge in [0.05, 0.1) is 13.2 Å². The van der Waals surface area contributed by atoms with Gasteiger partial charge in [0.25, 0.3) is 0 Å². The number of aromatic nitrogens is 2. The maximum atomic E-state index is 11.6. The van der Waals surface area contributed by atoms with Crippen LogP contribution in [0.15, 0.2) is 36.7 Å². The first-order valence-corrected chi connectivity index (χ1v) is 9.93. The monoisotopic (exact) mass is 386 g/mol. The number of carbonyl (C=O) groups excluding carboxylic acids is 1. The van der Waals surface area contributed by atoms with Crippen LogP contribution in [0.4, 0.5) is 0 Å². The van der Waals surface area contributed by atoms with Crippen LogP contribution in [0.3, 0.4) is 0 Å². The molecule has 0 radical (unpaired) electrons. The third-order valence-corrected chi connectivity index (χ3v) is 4.98. The quantitative estimate of drug-likeness (QED) is 0.648. The number of aryl methyl sites for hydroxylation is 1. The zero-order valence-electron chi connectivity index (χ0n) is 16.8. The molecule has 0 saturated carbocycles. The van der Waals surface area contributed by atoms with Crippen molar-refractivity contribution in [1.29, 1.82) is 0 Å². The van der Waals surface area contributed by atoms with Crippen molar-refractivity contribution in [2.45, 2.75) is 26.4 Å². The summed E-state index contributed by atoms with van der Waals surface area (Å²) in [6.07, 6.45) is 4.97. The predicted octanol–water partition coefficient (Wildman–Crippen LogP) is 2.07. The fourth-order valence-corrected chi connectivity index (χ4v) is 3.44. The van der Waals surface area contributed by atoms with E-state index in [9.17, 15) is 4.79 Å². The van der Waals surface area contributed by atoms with Gasteiger partial charge in [-0.1, -0.05) is 18.2 Å². The maximum absolute atomic E-state index is 11.6. The van der Waals surface area contributed by atoms with Crippen molar-refractivity contribution in [2.75, 3.05) is 39.4 Å². The van der Waals surface area contributed by atoms with Gasteiger partial charge in [-0.15, -0.1) is 0 Å². The zero-order valence-corrected chi connectivity index (χ0v) is 16.8. The minimum absolute atomic E-state index is 0.0533. The predicted molar refractivity (Wildman–Crippen MR) is 107 cm³/mol. The highest BCUT2D eigenvalue weighted by Crippen LogP contribution is 2.21. The van der Waals surface area contributed by atoms with E-state index in [0.717, 1.165) is 62.8 Å². The number of rotatable bonds is 8. The summed E-state index contributed by atoms with van der Waals surface area (Å²) in [4.78, 5) is 20.9. The van der Waals surface area contributed by atoms with Gasteiger partial charge in [-0.2, -0.15) is 0 Å². The van der Waals surface area contributed by atoms with Crippen LogP contribution in [0, 0.1) is 0 Å². The lowest BCUT2D eigenvalue weighted by atomic mass is 10.2. The lowest BCUT2D eigenvalue weighted by Crippen LogP contribution is -2.31. The third kappa shape index (κ3) is 5.81. The average molecular weight is 386 g/mol. The number of esters is 1. The van der Waals surface area contributed by atoms with Gasteiger partial charge in [0, 0.05) is 44.6 Å². The Labute approximate surface area is 166 Å². The van der Waals surface area contributed by atoms with E-state index < -0.39 is 0 Å². The first kappa shape index (κ1) is 20.4. The molecule has 7 heteroatoms. The molecule has 2 aromatic rings. The second-order valence-electron chi connectivity index (χ2n) is 7.06. The van der Waals surface area contributed by atoms with Gasteiger partial charge < -0.3 is 14.0 Å². The summed E-state index contributed by atoms with van der Waals surface area (Å²) >= 11 is 0. The minimum atomic E-state index is -0.336. The minimum Gasteiger partial charge on any atom is -0.482 e. The Hall–Kier alpha value is -2.38. The summed E-state index contributed by atoms with van der Waals surface area (Å²) in [5.74, 6) is 1.52. The van der Waals surface area contributed by atoms with E-state index >= 15 is 0 Å². The van der Waals surface area contributed by atoms with Crippen LogP contribution in [0.2, 0.25) is 0 Å². The van der Waals surface area contributed by atoms with Crippen molar-refractivity contribution in [2.24, 2.45) is 7.05 Å². The molecule has 0 unspecified atom stereocenters. The second kappa shape index (κ2) is 10.2.